The number of aromatic amines is 1. The van der Waals surface area contributed by atoms with Gasteiger partial charge in [0.15, 0.2) is 0 Å². The van der Waals surface area contributed by atoms with Crippen LogP contribution in [0.3, 0.4) is 0 Å². The molecule has 1 aromatic heterocycles. The number of hydrogen-bond acceptors (Lipinski definition) is 3. The SMILES string of the molecule is CCN1CC2(CCN(C(=O)c3[nH]c4ccc(F)cc4c3C)CC2)OC1=O. The number of ether oxygens (including phenoxy) is 1. The van der Waals surface area contributed by atoms with Crippen molar-refractivity contribution in [1.82, 2.24) is 14.8 Å². The maximum absolute atomic E-state index is 13.5. The third-order valence-electron chi connectivity index (χ3n) is 5.62. The maximum atomic E-state index is 13.5. The first-order valence-electron chi connectivity index (χ1n) is 8.97. The first-order valence-corrected chi connectivity index (χ1v) is 8.97. The monoisotopic (exact) mass is 359 g/mol. The van der Waals surface area contributed by atoms with Crippen molar-refractivity contribution in [2.75, 3.05) is 26.2 Å². The van der Waals surface area contributed by atoms with Crippen LogP contribution in [0.25, 0.3) is 10.9 Å². The number of rotatable bonds is 2. The normalized spacial score (nSPS) is 19.4. The molecule has 0 radical (unpaired) electrons. The van der Waals surface area contributed by atoms with Gasteiger partial charge in [-0.15, -0.1) is 0 Å². The third kappa shape index (κ3) is 2.62. The highest BCUT2D eigenvalue weighted by Crippen LogP contribution is 2.34. The molecule has 26 heavy (non-hydrogen) atoms. The van der Waals surface area contributed by atoms with E-state index in [0.717, 1.165) is 16.5 Å². The number of piperidine rings is 1. The van der Waals surface area contributed by atoms with Crippen LogP contribution in [-0.2, 0) is 4.74 Å². The van der Waals surface area contributed by atoms with Crippen LogP contribution in [0.4, 0.5) is 9.18 Å². The summed E-state index contributed by atoms with van der Waals surface area (Å²) in [5, 5.41) is 0.727. The largest absolute Gasteiger partial charge is 0.441 e. The van der Waals surface area contributed by atoms with Gasteiger partial charge in [-0.2, -0.15) is 0 Å². The molecule has 3 heterocycles. The predicted octanol–water partition coefficient (Wildman–Crippen LogP) is 3.06. The number of halogens is 1. The molecular formula is C19H22FN3O3. The van der Waals surface area contributed by atoms with Gasteiger partial charge in [-0.05, 0) is 37.6 Å². The lowest BCUT2D eigenvalue weighted by Gasteiger charge is -2.37. The predicted molar refractivity (Wildman–Crippen MR) is 94.6 cm³/mol. The van der Waals surface area contributed by atoms with Gasteiger partial charge in [0, 0.05) is 43.4 Å². The van der Waals surface area contributed by atoms with Gasteiger partial charge in [-0.3, -0.25) is 4.79 Å². The van der Waals surface area contributed by atoms with Gasteiger partial charge in [0.25, 0.3) is 5.91 Å². The molecule has 7 heteroatoms. The lowest BCUT2D eigenvalue weighted by Crippen LogP contribution is -2.48. The van der Waals surface area contributed by atoms with Crippen LogP contribution < -0.4 is 0 Å². The fourth-order valence-electron chi connectivity index (χ4n) is 3.98. The van der Waals surface area contributed by atoms with Crippen molar-refractivity contribution in [3.8, 4) is 0 Å². The van der Waals surface area contributed by atoms with E-state index in [1.165, 1.54) is 12.1 Å². The van der Waals surface area contributed by atoms with Crippen LogP contribution in [0.15, 0.2) is 18.2 Å². The lowest BCUT2D eigenvalue weighted by atomic mass is 9.91. The molecule has 0 bridgehead atoms. The van der Waals surface area contributed by atoms with Gasteiger partial charge in [-0.25, -0.2) is 9.18 Å². The molecular weight excluding hydrogens is 337 g/mol. The Labute approximate surface area is 150 Å². The van der Waals surface area contributed by atoms with Gasteiger partial charge < -0.3 is 19.5 Å². The minimum absolute atomic E-state index is 0.0920. The van der Waals surface area contributed by atoms with Crippen molar-refractivity contribution in [2.24, 2.45) is 0 Å². The average Bonchev–Trinajstić information content (AvgIpc) is 3.12. The van der Waals surface area contributed by atoms with Crippen LogP contribution in [0, 0.1) is 12.7 Å². The van der Waals surface area contributed by atoms with Crippen molar-refractivity contribution >= 4 is 22.9 Å². The van der Waals surface area contributed by atoms with Crippen LogP contribution in [0.5, 0.6) is 0 Å². The molecule has 2 fully saturated rings. The van der Waals surface area contributed by atoms with Crippen molar-refractivity contribution in [3.05, 3.63) is 35.3 Å². The summed E-state index contributed by atoms with van der Waals surface area (Å²) >= 11 is 0. The minimum Gasteiger partial charge on any atom is -0.441 e. The summed E-state index contributed by atoms with van der Waals surface area (Å²) in [4.78, 5) is 31.4. The zero-order valence-electron chi connectivity index (χ0n) is 15.0. The Morgan fingerprint density at radius 3 is 2.73 bits per heavy atom. The lowest BCUT2D eigenvalue weighted by molar-refractivity contribution is 0.00298. The summed E-state index contributed by atoms with van der Waals surface area (Å²) in [6.07, 6.45) is 1.00. The van der Waals surface area contributed by atoms with Crippen LogP contribution in [0.1, 0.15) is 35.8 Å². The van der Waals surface area contributed by atoms with E-state index in [4.69, 9.17) is 4.74 Å². The van der Waals surface area contributed by atoms with Crippen molar-refractivity contribution in [2.45, 2.75) is 32.3 Å². The number of aryl methyl sites for hydroxylation is 1. The first-order chi connectivity index (χ1) is 12.4. The van der Waals surface area contributed by atoms with Gasteiger partial charge >= 0.3 is 6.09 Å². The zero-order valence-corrected chi connectivity index (χ0v) is 15.0. The van der Waals surface area contributed by atoms with Crippen molar-refractivity contribution < 1.29 is 18.7 Å². The molecule has 0 atom stereocenters. The van der Waals surface area contributed by atoms with E-state index >= 15 is 0 Å². The number of fused-ring (bicyclic) bond motifs is 1. The highest BCUT2D eigenvalue weighted by molar-refractivity contribution is 6.01. The van der Waals surface area contributed by atoms with E-state index in [2.05, 4.69) is 4.98 Å². The number of likely N-dealkylation sites (tertiary alicyclic amines) is 1. The number of likely N-dealkylation sites (N-methyl/N-ethyl adjacent to an activating group) is 1. The number of benzene rings is 1. The molecule has 1 N–H and O–H groups in total. The molecule has 0 saturated carbocycles. The standard InChI is InChI=1S/C19H22FN3O3/c1-3-22-11-19(26-18(22)25)6-8-23(9-7-19)17(24)16-12(2)14-10-13(20)4-5-15(14)21-16/h4-5,10,21H,3,6-9,11H2,1-2H3. The second kappa shape index (κ2) is 6.00. The first kappa shape index (κ1) is 16.9. The van der Waals surface area contributed by atoms with Crippen LogP contribution in [-0.4, -0.2) is 58.6 Å². The second-order valence-corrected chi connectivity index (χ2v) is 7.17. The molecule has 0 unspecified atom stereocenters. The number of nitrogens with one attached hydrogen (secondary N) is 1. The molecule has 4 rings (SSSR count). The summed E-state index contributed by atoms with van der Waals surface area (Å²) < 4.78 is 19.1. The molecule has 2 aliphatic rings. The summed E-state index contributed by atoms with van der Waals surface area (Å²) in [6.45, 7) is 6.05. The Morgan fingerprint density at radius 1 is 1.35 bits per heavy atom. The van der Waals surface area contributed by atoms with Gasteiger partial charge in [0.05, 0.1) is 6.54 Å². The maximum Gasteiger partial charge on any atom is 0.410 e. The van der Waals surface area contributed by atoms with Gasteiger partial charge in [-0.1, -0.05) is 0 Å². The quantitative estimate of drug-likeness (QED) is 0.896. The van der Waals surface area contributed by atoms with E-state index < -0.39 is 5.60 Å². The Balaban J connectivity index is 1.51. The van der Waals surface area contributed by atoms with Crippen molar-refractivity contribution in [1.29, 1.82) is 0 Å². The fourth-order valence-corrected chi connectivity index (χ4v) is 3.98. The molecule has 2 amide bonds. The Kier molecular flexibility index (Phi) is 3.89. The third-order valence-corrected chi connectivity index (χ3v) is 5.62. The Bertz CT molecular complexity index is 884. The molecule has 2 aromatic rings. The van der Waals surface area contributed by atoms with E-state index in [0.29, 0.717) is 44.7 Å². The molecule has 1 aromatic carbocycles. The van der Waals surface area contributed by atoms with Gasteiger partial charge in [0.2, 0.25) is 0 Å². The zero-order chi connectivity index (χ0) is 18.5. The number of nitrogens with zero attached hydrogens (tertiary/aromatic N) is 2. The van der Waals surface area contributed by atoms with Gasteiger partial charge in [0.1, 0.15) is 17.1 Å². The highest BCUT2D eigenvalue weighted by Gasteiger charge is 2.47. The Hall–Kier alpha value is -2.57. The molecule has 0 aliphatic carbocycles. The number of amides is 2. The molecule has 2 saturated heterocycles. The second-order valence-electron chi connectivity index (χ2n) is 7.17. The Morgan fingerprint density at radius 2 is 2.08 bits per heavy atom. The summed E-state index contributed by atoms with van der Waals surface area (Å²) in [5.41, 5.74) is 1.54. The fraction of sp³-hybridized carbons (Fsp3) is 0.474. The number of aromatic nitrogens is 1. The molecule has 1 spiro atoms. The summed E-state index contributed by atoms with van der Waals surface area (Å²) in [7, 11) is 0. The van der Waals surface area contributed by atoms with Crippen LogP contribution >= 0.6 is 0 Å². The number of H-pyrrole nitrogens is 1. The molecule has 6 nitrogen and oxygen atoms in total. The minimum atomic E-state index is -0.470. The number of carbonyl (C=O) groups is 2. The summed E-state index contributed by atoms with van der Waals surface area (Å²) in [6, 6.07) is 4.47. The summed E-state index contributed by atoms with van der Waals surface area (Å²) in [5.74, 6) is -0.410. The highest BCUT2D eigenvalue weighted by atomic mass is 19.1. The van der Waals surface area contributed by atoms with E-state index in [9.17, 15) is 14.0 Å². The topological polar surface area (TPSA) is 65.6 Å². The average molecular weight is 359 g/mol. The number of hydrogen-bond donors (Lipinski definition) is 1. The smallest absolute Gasteiger partial charge is 0.410 e. The number of carbonyl (C=O) groups excluding carboxylic acids is 2. The van der Waals surface area contributed by atoms with E-state index in [1.54, 1.807) is 15.9 Å². The molecule has 138 valence electrons. The van der Waals surface area contributed by atoms with E-state index in [1.807, 2.05) is 13.8 Å². The van der Waals surface area contributed by atoms with Crippen LogP contribution in [0.2, 0.25) is 0 Å². The van der Waals surface area contributed by atoms with E-state index in [-0.39, 0.29) is 17.8 Å². The van der Waals surface area contributed by atoms with Crippen molar-refractivity contribution in [3.63, 3.8) is 0 Å². The molecule has 2 aliphatic heterocycles.